The fourth-order valence-electron chi connectivity index (χ4n) is 3.32. The number of carbonyl (C=O) groups excluding carboxylic acids is 1. The highest BCUT2D eigenvalue weighted by atomic mass is 32.2. The average molecular weight is 355 g/mol. The Morgan fingerprint density at radius 2 is 1.67 bits per heavy atom. The predicted octanol–water partition coefficient (Wildman–Crippen LogP) is 2.08. The van der Waals surface area contributed by atoms with Gasteiger partial charge in [0.2, 0.25) is 10.0 Å². The molecule has 24 heavy (non-hydrogen) atoms. The molecule has 0 bridgehead atoms. The zero-order valence-corrected chi connectivity index (χ0v) is 14.5. The summed E-state index contributed by atoms with van der Waals surface area (Å²) in [5.74, 6) is -0.481. The van der Waals surface area contributed by atoms with Gasteiger partial charge in [0.25, 0.3) is 0 Å². The van der Waals surface area contributed by atoms with Crippen molar-refractivity contribution in [3.8, 4) is 0 Å². The van der Waals surface area contributed by atoms with Crippen LogP contribution in [-0.4, -0.2) is 60.9 Å². The number of likely N-dealkylation sites (tertiary alicyclic amines) is 1. The second kappa shape index (κ2) is 6.68. The topological polar surface area (TPSA) is 60.9 Å². The molecule has 0 radical (unpaired) electrons. The van der Waals surface area contributed by atoms with Gasteiger partial charge < -0.3 is 9.80 Å². The third kappa shape index (κ3) is 3.12. The van der Waals surface area contributed by atoms with Gasteiger partial charge in [-0.1, -0.05) is 0 Å². The Morgan fingerprint density at radius 1 is 1.04 bits per heavy atom. The van der Waals surface area contributed by atoms with Crippen LogP contribution in [0.3, 0.4) is 0 Å². The van der Waals surface area contributed by atoms with Gasteiger partial charge in [-0.2, -0.15) is 4.31 Å². The van der Waals surface area contributed by atoms with Crippen LogP contribution in [0.2, 0.25) is 0 Å². The summed E-state index contributed by atoms with van der Waals surface area (Å²) in [6, 6.07) is 4.67. The average Bonchev–Trinajstić information content (AvgIpc) is 2.97. The molecule has 0 saturated carbocycles. The molecule has 0 aliphatic carbocycles. The normalized spacial score (nSPS) is 22.8. The number of rotatable bonds is 2. The summed E-state index contributed by atoms with van der Waals surface area (Å²) in [5.41, 5.74) is 0. The van der Waals surface area contributed by atoms with Gasteiger partial charge in [-0.25, -0.2) is 17.6 Å². The molecule has 0 spiro atoms. The molecular formula is C16H22FN3O3S. The van der Waals surface area contributed by atoms with Gasteiger partial charge in [-0.05, 0) is 50.5 Å². The maximum absolute atomic E-state index is 13.0. The Bertz CT molecular complexity index is 702. The number of nitrogens with zero attached hydrogens (tertiary/aromatic N) is 3. The lowest BCUT2D eigenvalue weighted by Crippen LogP contribution is -2.49. The molecule has 2 amide bonds. The molecular weight excluding hydrogens is 333 g/mol. The Labute approximate surface area is 141 Å². The minimum atomic E-state index is -3.75. The van der Waals surface area contributed by atoms with E-state index >= 15 is 0 Å². The Hall–Kier alpha value is -1.67. The summed E-state index contributed by atoms with van der Waals surface area (Å²) >= 11 is 0. The van der Waals surface area contributed by atoms with Crippen molar-refractivity contribution in [3.05, 3.63) is 30.1 Å². The first-order chi connectivity index (χ1) is 11.4. The molecule has 1 aromatic rings. The second-order valence-corrected chi connectivity index (χ2v) is 8.12. The summed E-state index contributed by atoms with van der Waals surface area (Å²) < 4.78 is 39.8. The fourth-order valence-corrected chi connectivity index (χ4v) is 4.91. The summed E-state index contributed by atoms with van der Waals surface area (Å²) in [5, 5.41) is 0. The molecule has 0 N–H and O–H groups in total. The highest BCUT2D eigenvalue weighted by molar-refractivity contribution is 7.89. The molecule has 0 aromatic heterocycles. The molecule has 2 fully saturated rings. The number of halogens is 1. The number of hydrogen-bond acceptors (Lipinski definition) is 3. The predicted molar refractivity (Wildman–Crippen MR) is 87.3 cm³/mol. The van der Waals surface area contributed by atoms with Crippen LogP contribution in [0.1, 0.15) is 26.2 Å². The van der Waals surface area contributed by atoms with Gasteiger partial charge in [-0.3, -0.25) is 0 Å². The minimum Gasteiger partial charge on any atom is -0.325 e. The molecule has 3 rings (SSSR count). The third-order valence-electron chi connectivity index (χ3n) is 4.72. The van der Waals surface area contributed by atoms with Gasteiger partial charge >= 0.3 is 6.03 Å². The lowest BCUT2D eigenvalue weighted by molar-refractivity contribution is 0.132. The third-order valence-corrected chi connectivity index (χ3v) is 6.69. The molecule has 2 aliphatic heterocycles. The monoisotopic (exact) mass is 355 g/mol. The fraction of sp³-hybridized carbons (Fsp3) is 0.562. The number of amides is 2. The molecule has 1 unspecified atom stereocenters. The zero-order valence-electron chi connectivity index (χ0n) is 13.7. The van der Waals surface area contributed by atoms with Gasteiger partial charge in [0, 0.05) is 26.2 Å². The van der Waals surface area contributed by atoms with Gasteiger partial charge in [0.15, 0.2) is 0 Å². The maximum Gasteiger partial charge on any atom is 0.321 e. The number of benzene rings is 1. The molecule has 1 aromatic carbocycles. The van der Waals surface area contributed by atoms with Gasteiger partial charge in [0.05, 0.1) is 11.1 Å². The van der Waals surface area contributed by atoms with E-state index in [-0.39, 0.29) is 17.5 Å². The van der Waals surface area contributed by atoms with Crippen LogP contribution in [0, 0.1) is 5.82 Å². The van der Waals surface area contributed by atoms with Crippen LogP contribution in [0.25, 0.3) is 0 Å². The zero-order chi connectivity index (χ0) is 17.3. The molecule has 132 valence electrons. The van der Waals surface area contributed by atoms with Crippen LogP contribution in [-0.2, 0) is 10.0 Å². The van der Waals surface area contributed by atoms with Gasteiger partial charge in [-0.15, -0.1) is 0 Å². The summed E-state index contributed by atoms with van der Waals surface area (Å²) in [7, 11) is -3.75. The number of hydrogen-bond donors (Lipinski definition) is 0. The largest absolute Gasteiger partial charge is 0.325 e. The van der Waals surface area contributed by atoms with E-state index in [1.165, 1.54) is 16.4 Å². The van der Waals surface area contributed by atoms with Crippen LogP contribution in [0.4, 0.5) is 9.18 Å². The van der Waals surface area contributed by atoms with Crippen molar-refractivity contribution in [1.29, 1.82) is 0 Å². The Kier molecular flexibility index (Phi) is 4.78. The van der Waals surface area contributed by atoms with E-state index in [1.54, 1.807) is 16.7 Å². The van der Waals surface area contributed by atoms with E-state index in [4.69, 9.17) is 0 Å². The molecule has 2 saturated heterocycles. The Morgan fingerprint density at radius 3 is 2.29 bits per heavy atom. The van der Waals surface area contributed by atoms with Crippen molar-refractivity contribution in [2.24, 2.45) is 0 Å². The number of urea groups is 1. The Balaban J connectivity index is 1.76. The first-order valence-electron chi connectivity index (χ1n) is 8.24. The smallest absolute Gasteiger partial charge is 0.321 e. The molecule has 1 atom stereocenters. The lowest BCUT2D eigenvalue weighted by atomic mass is 10.1. The van der Waals surface area contributed by atoms with E-state index in [0.717, 1.165) is 44.5 Å². The van der Waals surface area contributed by atoms with Crippen LogP contribution < -0.4 is 0 Å². The van der Waals surface area contributed by atoms with Crippen molar-refractivity contribution in [2.75, 3.05) is 26.2 Å². The number of piperidine rings is 1. The van der Waals surface area contributed by atoms with Crippen molar-refractivity contribution in [1.82, 2.24) is 14.1 Å². The first kappa shape index (κ1) is 17.2. The number of carbonyl (C=O) groups is 1. The summed E-state index contributed by atoms with van der Waals surface area (Å²) in [4.78, 5) is 16.1. The highest BCUT2D eigenvalue weighted by Gasteiger charge is 2.41. The van der Waals surface area contributed by atoms with Crippen molar-refractivity contribution < 1.29 is 17.6 Å². The maximum atomic E-state index is 13.0. The van der Waals surface area contributed by atoms with Crippen molar-refractivity contribution in [2.45, 2.75) is 37.2 Å². The van der Waals surface area contributed by atoms with E-state index < -0.39 is 22.0 Å². The first-order valence-corrected chi connectivity index (χ1v) is 9.68. The van der Waals surface area contributed by atoms with Crippen molar-refractivity contribution >= 4 is 16.1 Å². The second-order valence-electron chi connectivity index (χ2n) is 6.23. The quantitative estimate of drug-likeness (QED) is 0.816. The molecule has 6 nitrogen and oxygen atoms in total. The highest BCUT2D eigenvalue weighted by Crippen LogP contribution is 2.25. The lowest BCUT2D eigenvalue weighted by Gasteiger charge is -2.33. The van der Waals surface area contributed by atoms with E-state index in [0.29, 0.717) is 6.54 Å². The minimum absolute atomic E-state index is 0.0445. The standard InChI is InChI=1S/C16H22FN3O3S/c1-13-19(16(21)18-9-3-2-4-10-18)11-12-20(13)24(22,23)15-7-5-14(17)6-8-15/h5-8,13H,2-4,9-12H2,1H3. The molecule has 8 heteroatoms. The number of sulfonamides is 1. The van der Waals surface area contributed by atoms with E-state index in [9.17, 15) is 17.6 Å². The SMILES string of the molecule is CC1N(C(=O)N2CCCCC2)CCN1S(=O)(=O)c1ccc(F)cc1. The van der Waals surface area contributed by atoms with Crippen LogP contribution >= 0.6 is 0 Å². The van der Waals surface area contributed by atoms with Crippen LogP contribution in [0.15, 0.2) is 29.2 Å². The van der Waals surface area contributed by atoms with Gasteiger partial charge in [0.1, 0.15) is 5.82 Å². The molecule has 2 aliphatic rings. The van der Waals surface area contributed by atoms with Crippen LogP contribution in [0.5, 0.6) is 0 Å². The van der Waals surface area contributed by atoms with Crippen molar-refractivity contribution in [3.63, 3.8) is 0 Å². The summed E-state index contributed by atoms with van der Waals surface area (Å²) in [6.45, 7) is 3.80. The molecule has 2 heterocycles. The summed E-state index contributed by atoms with van der Waals surface area (Å²) in [6.07, 6.45) is 2.57. The van der Waals surface area contributed by atoms with E-state index in [2.05, 4.69) is 0 Å². The van der Waals surface area contributed by atoms with E-state index in [1.807, 2.05) is 0 Å².